The van der Waals surface area contributed by atoms with Crippen molar-refractivity contribution in [2.75, 3.05) is 31.4 Å². The van der Waals surface area contributed by atoms with Gasteiger partial charge in [-0.1, -0.05) is 18.2 Å². The van der Waals surface area contributed by atoms with Crippen LogP contribution in [0.3, 0.4) is 0 Å². The van der Waals surface area contributed by atoms with Crippen LogP contribution in [0.2, 0.25) is 0 Å². The summed E-state index contributed by atoms with van der Waals surface area (Å²) in [6.45, 7) is 0.629. The number of hydrogen-bond donors (Lipinski definition) is 2. The van der Waals surface area contributed by atoms with Crippen molar-refractivity contribution in [1.29, 1.82) is 0 Å². The fourth-order valence-electron chi connectivity index (χ4n) is 2.06. The monoisotopic (exact) mass is 284 g/mol. The molecule has 0 heterocycles. The number of carbonyl (C=O) groups is 1. The maximum atomic E-state index is 12.3. The summed E-state index contributed by atoms with van der Waals surface area (Å²) in [6.07, 6.45) is 0.769. The van der Waals surface area contributed by atoms with Crippen LogP contribution in [0.25, 0.3) is 0 Å². The van der Waals surface area contributed by atoms with Crippen molar-refractivity contribution < 1.29 is 9.53 Å². The lowest BCUT2D eigenvalue weighted by Crippen LogP contribution is -2.13. The lowest BCUT2D eigenvalue weighted by atomic mass is 10.1. The summed E-state index contributed by atoms with van der Waals surface area (Å²) in [5.74, 6) is -0.109. The molecule has 2 rings (SSSR count). The van der Waals surface area contributed by atoms with E-state index in [0.29, 0.717) is 12.2 Å². The highest BCUT2D eigenvalue weighted by atomic mass is 16.5. The van der Waals surface area contributed by atoms with E-state index in [-0.39, 0.29) is 5.91 Å². The maximum absolute atomic E-state index is 12.3. The van der Waals surface area contributed by atoms with Gasteiger partial charge in [-0.2, -0.15) is 0 Å². The smallest absolute Gasteiger partial charge is 0.255 e. The molecule has 0 bridgehead atoms. The van der Waals surface area contributed by atoms with Crippen molar-refractivity contribution in [1.82, 2.24) is 0 Å². The molecule has 0 radical (unpaired) electrons. The Bertz CT molecular complexity index is 594. The molecule has 0 unspecified atom stereocenters. The van der Waals surface area contributed by atoms with Gasteiger partial charge in [-0.05, 0) is 42.3 Å². The molecule has 2 aromatic carbocycles. The van der Waals surface area contributed by atoms with Crippen LogP contribution in [0.4, 0.5) is 11.4 Å². The molecule has 4 heteroatoms. The Labute approximate surface area is 125 Å². The van der Waals surface area contributed by atoms with Crippen LogP contribution in [0.1, 0.15) is 15.9 Å². The molecule has 2 N–H and O–H groups in total. The summed E-state index contributed by atoms with van der Waals surface area (Å²) in [7, 11) is 3.52. The largest absolute Gasteiger partial charge is 0.388 e. The minimum Gasteiger partial charge on any atom is -0.388 e. The zero-order valence-corrected chi connectivity index (χ0v) is 12.3. The van der Waals surface area contributed by atoms with Gasteiger partial charge in [-0.15, -0.1) is 0 Å². The Balaban J connectivity index is 2.11. The summed E-state index contributed by atoms with van der Waals surface area (Å²) >= 11 is 0. The lowest BCUT2D eigenvalue weighted by molar-refractivity contribution is 0.102. The van der Waals surface area contributed by atoms with Crippen molar-refractivity contribution in [3.05, 3.63) is 59.7 Å². The van der Waals surface area contributed by atoms with E-state index in [1.807, 2.05) is 43.4 Å². The van der Waals surface area contributed by atoms with Gasteiger partial charge in [0.2, 0.25) is 0 Å². The second-order valence-corrected chi connectivity index (χ2v) is 4.68. The normalized spacial score (nSPS) is 10.2. The summed E-state index contributed by atoms with van der Waals surface area (Å²) in [4.78, 5) is 12.3. The van der Waals surface area contributed by atoms with E-state index < -0.39 is 0 Å². The first kappa shape index (κ1) is 15.1. The van der Waals surface area contributed by atoms with Gasteiger partial charge in [0, 0.05) is 31.1 Å². The zero-order valence-electron chi connectivity index (χ0n) is 12.3. The molecule has 0 fully saturated rings. The first-order valence-electron chi connectivity index (χ1n) is 6.90. The van der Waals surface area contributed by atoms with E-state index in [4.69, 9.17) is 4.74 Å². The molecule has 110 valence electrons. The third-order valence-corrected chi connectivity index (χ3v) is 3.28. The average molecular weight is 284 g/mol. The van der Waals surface area contributed by atoms with Gasteiger partial charge >= 0.3 is 0 Å². The highest BCUT2D eigenvalue weighted by molar-refractivity contribution is 6.04. The number of amides is 1. The number of para-hydroxylation sites is 1. The average Bonchev–Trinajstić information content (AvgIpc) is 2.54. The molecule has 0 aliphatic carbocycles. The van der Waals surface area contributed by atoms with Crippen LogP contribution in [-0.4, -0.2) is 26.7 Å². The molecule has 1 amide bonds. The number of nitrogens with one attached hydrogen (secondary N) is 2. The van der Waals surface area contributed by atoms with Crippen LogP contribution in [0.15, 0.2) is 48.5 Å². The van der Waals surface area contributed by atoms with Gasteiger partial charge in [0.1, 0.15) is 0 Å². The molecular weight excluding hydrogens is 264 g/mol. The number of ether oxygens (including phenoxy) is 1. The Kier molecular flexibility index (Phi) is 5.35. The molecule has 0 aromatic heterocycles. The SMILES string of the molecule is CNc1ccc(C(=O)Nc2ccccc2CCOC)cc1. The van der Waals surface area contributed by atoms with Crippen LogP contribution in [-0.2, 0) is 11.2 Å². The summed E-state index contributed by atoms with van der Waals surface area (Å²) in [5, 5.41) is 5.99. The van der Waals surface area contributed by atoms with E-state index in [0.717, 1.165) is 23.4 Å². The van der Waals surface area contributed by atoms with Crippen molar-refractivity contribution in [2.45, 2.75) is 6.42 Å². The van der Waals surface area contributed by atoms with Crippen LogP contribution in [0, 0.1) is 0 Å². The molecule has 0 aliphatic rings. The van der Waals surface area contributed by atoms with Gasteiger partial charge in [0.05, 0.1) is 6.61 Å². The molecular formula is C17H20N2O2. The maximum Gasteiger partial charge on any atom is 0.255 e. The second kappa shape index (κ2) is 7.45. The predicted octanol–water partition coefficient (Wildman–Crippen LogP) is 3.17. The quantitative estimate of drug-likeness (QED) is 0.856. The van der Waals surface area contributed by atoms with Crippen molar-refractivity contribution in [2.24, 2.45) is 0 Å². The summed E-state index contributed by atoms with van der Waals surface area (Å²) < 4.78 is 5.10. The molecule has 0 atom stereocenters. The highest BCUT2D eigenvalue weighted by Crippen LogP contribution is 2.17. The molecule has 0 saturated carbocycles. The summed E-state index contributed by atoms with van der Waals surface area (Å²) in [5.41, 5.74) is 3.51. The van der Waals surface area contributed by atoms with E-state index in [1.165, 1.54) is 0 Å². The number of rotatable bonds is 6. The first-order valence-corrected chi connectivity index (χ1v) is 6.90. The lowest BCUT2D eigenvalue weighted by Gasteiger charge is -2.11. The summed E-state index contributed by atoms with van der Waals surface area (Å²) in [6, 6.07) is 15.2. The third-order valence-electron chi connectivity index (χ3n) is 3.28. The van der Waals surface area contributed by atoms with Gasteiger partial charge in [-0.25, -0.2) is 0 Å². The third kappa shape index (κ3) is 4.07. The Hall–Kier alpha value is -2.33. The Morgan fingerprint density at radius 1 is 1.10 bits per heavy atom. The van der Waals surface area contributed by atoms with E-state index in [9.17, 15) is 4.79 Å². The van der Waals surface area contributed by atoms with E-state index in [1.54, 1.807) is 19.2 Å². The van der Waals surface area contributed by atoms with Crippen molar-refractivity contribution >= 4 is 17.3 Å². The van der Waals surface area contributed by atoms with Crippen LogP contribution < -0.4 is 10.6 Å². The van der Waals surface area contributed by atoms with Gasteiger partial charge in [0.25, 0.3) is 5.91 Å². The molecule has 0 saturated heterocycles. The fourth-order valence-corrected chi connectivity index (χ4v) is 2.06. The van der Waals surface area contributed by atoms with Gasteiger partial charge < -0.3 is 15.4 Å². The second-order valence-electron chi connectivity index (χ2n) is 4.68. The molecule has 0 spiro atoms. The first-order chi connectivity index (χ1) is 10.2. The fraction of sp³-hybridized carbons (Fsp3) is 0.235. The topological polar surface area (TPSA) is 50.4 Å². The molecule has 2 aromatic rings. The van der Waals surface area contributed by atoms with Crippen LogP contribution >= 0.6 is 0 Å². The van der Waals surface area contributed by atoms with Crippen LogP contribution in [0.5, 0.6) is 0 Å². The van der Waals surface area contributed by atoms with E-state index >= 15 is 0 Å². The zero-order chi connectivity index (χ0) is 15.1. The van der Waals surface area contributed by atoms with E-state index in [2.05, 4.69) is 10.6 Å². The van der Waals surface area contributed by atoms with Crippen molar-refractivity contribution in [3.8, 4) is 0 Å². The van der Waals surface area contributed by atoms with Gasteiger partial charge in [0.15, 0.2) is 0 Å². The minimum absolute atomic E-state index is 0.109. The Morgan fingerprint density at radius 2 is 1.81 bits per heavy atom. The number of methoxy groups -OCH3 is 1. The number of benzene rings is 2. The Morgan fingerprint density at radius 3 is 2.48 bits per heavy atom. The predicted molar refractivity (Wildman–Crippen MR) is 86.0 cm³/mol. The molecule has 4 nitrogen and oxygen atoms in total. The molecule has 0 aliphatic heterocycles. The molecule has 21 heavy (non-hydrogen) atoms. The minimum atomic E-state index is -0.109. The van der Waals surface area contributed by atoms with Gasteiger partial charge in [-0.3, -0.25) is 4.79 Å². The highest BCUT2D eigenvalue weighted by Gasteiger charge is 2.08. The number of carbonyl (C=O) groups excluding carboxylic acids is 1. The standard InChI is InChI=1S/C17H20N2O2/c1-18-15-9-7-14(8-10-15)17(20)19-16-6-4-3-5-13(16)11-12-21-2/h3-10,18H,11-12H2,1-2H3,(H,19,20). The number of hydrogen-bond acceptors (Lipinski definition) is 3. The van der Waals surface area contributed by atoms with Crippen molar-refractivity contribution in [3.63, 3.8) is 0 Å². The number of anilines is 2.